The number of aromatic amines is 1. The zero-order valence-corrected chi connectivity index (χ0v) is 21.1. The molecule has 2 amide bonds. The van der Waals surface area contributed by atoms with Gasteiger partial charge in [-0.3, -0.25) is 19.4 Å². The Labute approximate surface area is 215 Å². The minimum absolute atomic E-state index is 0.0868. The van der Waals surface area contributed by atoms with E-state index in [1.807, 2.05) is 18.2 Å². The van der Waals surface area contributed by atoms with Gasteiger partial charge in [-0.25, -0.2) is 4.79 Å². The number of aromatic nitrogens is 1. The molecule has 0 atom stereocenters. The number of nitrogens with zero attached hydrogens (tertiary/aromatic N) is 2. The summed E-state index contributed by atoms with van der Waals surface area (Å²) in [5, 5.41) is 0.755. The first-order valence-corrected chi connectivity index (χ1v) is 12.5. The molecule has 2 fully saturated rings. The fourth-order valence-electron chi connectivity index (χ4n) is 5.34. The molecule has 2 aliphatic rings. The van der Waals surface area contributed by atoms with Gasteiger partial charge in [-0.05, 0) is 43.6 Å². The van der Waals surface area contributed by atoms with Crippen LogP contribution in [-0.2, 0) is 20.9 Å². The van der Waals surface area contributed by atoms with Crippen LogP contribution >= 0.6 is 0 Å². The lowest BCUT2D eigenvalue weighted by atomic mass is 9.77. The molecule has 0 saturated carbocycles. The van der Waals surface area contributed by atoms with Gasteiger partial charge in [0.1, 0.15) is 12.3 Å². The summed E-state index contributed by atoms with van der Waals surface area (Å²) >= 11 is 0. The van der Waals surface area contributed by atoms with Gasteiger partial charge in [0.25, 0.3) is 0 Å². The molecule has 194 valence electrons. The van der Waals surface area contributed by atoms with E-state index in [2.05, 4.69) is 22.0 Å². The van der Waals surface area contributed by atoms with E-state index < -0.39 is 11.4 Å². The maximum atomic E-state index is 13.4. The van der Waals surface area contributed by atoms with Crippen molar-refractivity contribution in [1.82, 2.24) is 14.8 Å². The molecule has 1 N–H and O–H groups in total. The van der Waals surface area contributed by atoms with Crippen molar-refractivity contribution in [2.24, 2.45) is 5.41 Å². The Kier molecular flexibility index (Phi) is 6.88. The number of benzene rings is 2. The Hall–Kier alpha value is -3.85. The van der Waals surface area contributed by atoms with Crippen molar-refractivity contribution in [1.29, 1.82) is 0 Å². The van der Waals surface area contributed by atoms with E-state index in [9.17, 15) is 14.4 Å². The van der Waals surface area contributed by atoms with Gasteiger partial charge < -0.3 is 19.2 Å². The Balaban J connectivity index is 1.20. The molecular weight excluding hydrogens is 474 g/mol. The summed E-state index contributed by atoms with van der Waals surface area (Å²) in [6.07, 6.45) is 1.63. The van der Waals surface area contributed by atoms with Crippen LogP contribution in [0.1, 0.15) is 35.3 Å². The number of amides is 2. The van der Waals surface area contributed by atoms with Crippen LogP contribution in [0, 0.1) is 5.41 Å². The number of hydrogen-bond acceptors (Lipinski definition) is 7. The van der Waals surface area contributed by atoms with Crippen molar-refractivity contribution in [2.75, 3.05) is 40.5 Å². The van der Waals surface area contributed by atoms with Gasteiger partial charge in [0.05, 0.1) is 31.7 Å². The monoisotopic (exact) mass is 505 g/mol. The molecule has 2 saturated heterocycles. The Bertz CT molecular complexity index is 1310. The normalized spacial score (nSPS) is 17.5. The van der Waals surface area contributed by atoms with Crippen molar-refractivity contribution in [3.8, 4) is 11.5 Å². The van der Waals surface area contributed by atoms with Crippen LogP contribution in [0.2, 0.25) is 0 Å². The number of fused-ring (bicyclic) bond motifs is 1. The molecule has 37 heavy (non-hydrogen) atoms. The minimum atomic E-state index is -0.601. The van der Waals surface area contributed by atoms with E-state index in [0.29, 0.717) is 35.6 Å². The third kappa shape index (κ3) is 4.91. The highest BCUT2D eigenvalue weighted by molar-refractivity contribution is 6.06. The van der Waals surface area contributed by atoms with Gasteiger partial charge >= 0.3 is 5.97 Å². The summed E-state index contributed by atoms with van der Waals surface area (Å²) in [5.74, 6) is 0.251. The Morgan fingerprint density at radius 3 is 2.49 bits per heavy atom. The maximum Gasteiger partial charge on any atom is 0.354 e. The van der Waals surface area contributed by atoms with Crippen molar-refractivity contribution >= 4 is 28.7 Å². The summed E-state index contributed by atoms with van der Waals surface area (Å²) in [4.78, 5) is 44.7. The third-order valence-electron chi connectivity index (χ3n) is 7.43. The summed E-state index contributed by atoms with van der Waals surface area (Å²) in [7, 11) is 2.85. The lowest BCUT2D eigenvalue weighted by molar-refractivity contribution is -0.143. The summed E-state index contributed by atoms with van der Waals surface area (Å²) in [5.41, 5.74) is 1.68. The number of ether oxygens (including phenoxy) is 3. The van der Waals surface area contributed by atoms with Gasteiger partial charge in [-0.15, -0.1) is 0 Å². The highest BCUT2D eigenvalue weighted by Crippen LogP contribution is 2.42. The fraction of sp³-hybridized carbons (Fsp3) is 0.393. The molecule has 1 spiro atoms. The second kappa shape index (κ2) is 10.3. The average molecular weight is 506 g/mol. The van der Waals surface area contributed by atoms with Crippen LogP contribution in [0.15, 0.2) is 48.5 Å². The van der Waals surface area contributed by atoms with Gasteiger partial charge in [-0.1, -0.05) is 30.3 Å². The SMILES string of the molecule is COC(=O)c1cc2cc(OCCN3C(=O)CC4(CCN(Cc5ccccc5)CC4)C3=O)c(OC)cc2[nH]1. The minimum Gasteiger partial charge on any atom is -0.493 e. The van der Waals surface area contributed by atoms with E-state index >= 15 is 0 Å². The first-order valence-electron chi connectivity index (χ1n) is 12.5. The number of nitrogens with one attached hydrogen (secondary N) is 1. The highest BCUT2D eigenvalue weighted by Gasteiger charge is 2.52. The van der Waals surface area contributed by atoms with E-state index in [-0.39, 0.29) is 31.4 Å². The van der Waals surface area contributed by atoms with E-state index in [1.54, 1.807) is 18.2 Å². The summed E-state index contributed by atoms with van der Waals surface area (Å²) < 4.78 is 16.2. The Morgan fingerprint density at radius 2 is 1.78 bits per heavy atom. The standard InChI is InChI=1S/C28H31N3O6/c1-35-23-16-21-20(14-22(29-21)26(33)36-2)15-24(23)37-13-12-31-25(32)17-28(27(31)34)8-10-30(11-9-28)18-19-6-4-3-5-7-19/h3-7,14-16,29H,8-13,17-18H2,1-2H3. The molecule has 9 heteroatoms. The fourth-order valence-corrected chi connectivity index (χ4v) is 5.34. The number of esters is 1. The number of hydrogen-bond donors (Lipinski definition) is 1. The van der Waals surface area contributed by atoms with E-state index in [0.717, 1.165) is 25.0 Å². The maximum absolute atomic E-state index is 13.4. The molecule has 5 rings (SSSR count). The molecule has 2 aliphatic heterocycles. The van der Waals surface area contributed by atoms with Crippen LogP contribution in [0.25, 0.3) is 10.9 Å². The van der Waals surface area contributed by atoms with Crippen molar-refractivity contribution in [3.05, 3.63) is 59.8 Å². The van der Waals surface area contributed by atoms with E-state index in [1.165, 1.54) is 24.7 Å². The number of likely N-dealkylation sites (tertiary alicyclic amines) is 2. The number of rotatable bonds is 8. The number of H-pyrrole nitrogens is 1. The van der Waals surface area contributed by atoms with Crippen LogP contribution in [-0.4, -0.2) is 73.0 Å². The topological polar surface area (TPSA) is 101 Å². The molecule has 3 heterocycles. The Morgan fingerprint density at radius 1 is 1.03 bits per heavy atom. The average Bonchev–Trinajstić information content (AvgIpc) is 3.43. The second-order valence-electron chi connectivity index (χ2n) is 9.68. The van der Waals surface area contributed by atoms with Crippen LogP contribution in [0.5, 0.6) is 11.5 Å². The van der Waals surface area contributed by atoms with Gasteiger partial charge in [-0.2, -0.15) is 0 Å². The number of methoxy groups -OCH3 is 2. The summed E-state index contributed by atoms with van der Waals surface area (Å²) in [6, 6.07) is 15.5. The molecule has 0 bridgehead atoms. The zero-order valence-electron chi connectivity index (χ0n) is 21.1. The predicted octanol–water partition coefficient (Wildman–Crippen LogP) is 3.38. The number of imide groups is 1. The van der Waals surface area contributed by atoms with Crippen LogP contribution in [0.4, 0.5) is 0 Å². The largest absolute Gasteiger partial charge is 0.493 e. The first-order chi connectivity index (χ1) is 17.9. The van der Waals surface area contributed by atoms with Gasteiger partial charge in [0, 0.05) is 24.4 Å². The highest BCUT2D eigenvalue weighted by atomic mass is 16.5. The lowest BCUT2D eigenvalue weighted by Crippen LogP contribution is -2.45. The predicted molar refractivity (Wildman–Crippen MR) is 136 cm³/mol. The number of carbonyl (C=O) groups excluding carboxylic acids is 3. The number of piperidine rings is 1. The molecular formula is C28H31N3O6. The molecule has 0 radical (unpaired) electrons. The van der Waals surface area contributed by atoms with Crippen LogP contribution in [0.3, 0.4) is 0 Å². The zero-order chi connectivity index (χ0) is 26.0. The van der Waals surface area contributed by atoms with Gasteiger partial charge in [0.2, 0.25) is 11.8 Å². The molecule has 1 aromatic heterocycles. The quantitative estimate of drug-likeness (QED) is 0.370. The van der Waals surface area contributed by atoms with E-state index in [4.69, 9.17) is 14.2 Å². The first kappa shape index (κ1) is 24.8. The smallest absolute Gasteiger partial charge is 0.354 e. The number of carbonyl (C=O) groups is 3. The van der Waals surface area contributed by atoms with Gasteiger partial charge in [0.15, 0.2) is 11.5 Å². The van der Waals surface area contributed by atoms with Crippen molar-refractivity contribution in [2.45, 2.75) is 25.8 Å². The summed E-state index contributed by atoms with van der Waals surface area (Å²) in [6.45, 7) is 2.75. The molecule has 3 aromatic rings. The molecule has 0 aliphatic carbocycles. The van der Waals surface area contributed by atoms with Crippen molar-refractivity contribution < 1.29 is 28.6 Å². The molecule has 2 aromatic carbocycles. The van der Waals surface area contributed by atoms with Crippen LogP contribution < -0.4 is 9.47 Å². The molecule has 9 nitrogen and oxygen atoms in total. The van der Waals surface area contributed by atoms with Crippen molar-refractivity contribution in [3.63, 3.8) is 0 Å². The second-order valence-corrected chi connectivity index (χ2v) is 9.68. The third-order valence-corrected chi connectivity index (χ3v) is 7.43. The lowest BCUT2D eigenvalue weighted by Gasteiger charge is -2.37. The molecule has 0 unspecified atom stereocenters.